The van der Waals surface area contributed by atoms with E-state index in [1.165, 1.54) is 0 Å². The van der Waals surface area contributed by atoms with Gasteiger partial charge in [0.15, 0.2) is 5.82 Å². The van der Waals surface area contributed by atoms with Gasteiger partial charge in [-0.1, -0.05) is 0 Å². The number of carbonyl (C=O) groups excluding carboxylic acids is 2. The number of amides is 1. The minimum absolute atomic E-state index is 0.00975. The Bertz CT molecular complexity index is 1110. The highest BCUT2D eigenvalue weighted by atomic mass is 16.5. The molecule has 1 aliphatic heterocycles. The lowest BCUT2D eigenvalue weighted by molar-refractivity contribution is -0.120. The van der Waals surface area contributed by atoms with E-state index in [0.717, 1.165) is 48.8 Å². The molecule has 0 atom stereocenters. The summed E-state index contributed by atoms with van der Waals surface area (Å²) < 4.78 is 10.2. The Kier molecular flexibility index (Phi) is 7.37. The molecule has 0 bridgehead atoms. The van der Waals surface area contributed by atoms with Crippen LogP contribution in [0.2, 0.25) is 0 Å². The fraction of sp³-hybridized carbons (Fsp3) is 0.308. The number of aromatic nitrogens is 2. The highest BCUT2D eigenvalue weighted by Crippen LogP contribution is 2.25. The second-order valence-corrected chi connectivity index (χ2v) is 8.05. The molecule has 2 aromatic carbocycles. The zero-order valence-electron chi connectivity index (χ0n) is 19.4. The van der Waals surface area contributed by atoms with Crippen molar-refractivity contribution in [2.24, 2.45) is 5.92 Å². The van der Waals surface area contributed by atoms with E-state index in [4.69, 9.17) is 9.47 Å². The van der Waals surface area contributed by atoms with Crippen molar-refractivity contribution in [2.45, 2.75) is 19.8 Å². The number of nitrogens with zero attached hydrogens (tertiary/aromatic N) is 3. The summed E-state index contributed by atoms with van der Waals surface area (Å²) in [6, 6.07) is 18.4. The van der Waals surface area contributed by atoms with E-state index >= 15 is 0 Å². The first-order valence-electron chi connectivity index (χ1n) is 11.4. The zero-order valence-corrected chi connectivity index (χ0v) is 19.4. The summed E-state index contributed by atoms with van der Waals surface area (Å²) in [5, 5.41) is 11.7. The molecule has 1 aliphatic rings. The maximum absolute atomic E-state index is 12.7. The maximum atomic E-state index is 12.7. The Morgan fingerprint density at radius 3 is 2.26 bits per heavy atom. The van der Waals surface area contributed by atoms with Crippen LogP contribution in [0.3, 0.4) is 0 Å². The number of hydrogen-bond donors (Lipinski definition) is 1. The van der Waals surface area contributed by atoms with Gasteiger partial charge in [-0.15, -0.1) is 10.2 Å². The van der Waals surface area contributed by atoms with Crippen LogP contribution >= 0.6 is 0 Å². The summed E-state index contributed by atoms with van der Waals surface area (Å²) in [6.45, 7) is 3.56. The third kappa shape index (κ3) is 5.51. The molecule has 1 fully saturated rings. The second-order valence-electron chi connectivity index (χ2n) is 8.05. The van der Waals surface area contributed by atoms with Crippen LogP contribution in [0.1, 0.15) is 30.1 Å². The van der Waals surface area contributed by atoms with Crippen molar-refractivity contribution < 1.29 is 19.1 Å². The minimum Gasteiger partial charge on any atom is -0.497 e. The van der Waals surface area contributed by atoms with Crippen LogP contribution < -0.4 is 15.0 Å². The zero-order chi connectivity index (χ0) is 23.9. The van der Waals surface area contributed by atoms with Crippen LogP contribution in [0, 0.1) is 5.92 Å². The average Bonchev–Trinajstić information content (AvgIpc) is 2.89. The maximum Gasteiger partial charge on any atom is 0.338 e. The molecular formula is C26H28N4O4. The van der Waals surface area contributed by atoms with Crippen LogP contribution in [0.25, 0.3) is 11.3 Å². The Labute approximate surface area is 198 Å². The van der Waals surface area contributed by atoms with Gasteiger partial charge in [0.25, 0.3) is 0 Å². The second kappa shape index (κ2) is 10.8. The molecule has 0 aliphatic carbocycles. The number of piperidine rings is 1. The molecule has 1 saturated heterocycles. The van der Waals surface area contributed by atoms with Crippen LogP contribution in [-0.4, -0.2) is 48.9 Å². The van der Waals surface area contributed by atoms with E-state index in [9.17, 15) is 9.59 Å². The van der Waals surface area contributed by atoms with Crippen molar-refractivity contribution in [3.8, 4) is 17.0 Å². The molecule has 0 spiro atoms. The van der Waals surface area contributed by atoms with Crippen LogP contribution in [0.4, 0.5) is 11.5 Å². The van der Waals surface area contributed by atoms with Crippen LogP contribution in [-0.2, 0) is 9.53 Å². The summed E-state index contributed by atoms with van der Waals surface area (Å²) in [4.78, 5) is 26.6. The molecule has 34 heavy (non-hydrogen) atoms. The molecule has 0 saturated carbocycles. The van der Waals surface area contributed by atoms with Gasteiger partial charge in [-0.05, 0) is 80.4 Å². The van der Waals surface area contributed by atoms with Gasteiger partial charge in [-0.25, -0.2) is 4.79 Å². The van der Waals surface area contributed by atoms with Gasteiger partial charge in [-0.3, -0.25) is 4.79 Å². The number of rotatable bonds is 7. The predicted octanol–water partition coefficient (Wildman–Crippen LogP) is 4.18. The molecule has 8 nitrogen and oxygen atoms in total. The van der Waals surface area contributed by atoms with E-state index in [2.05, 4.69) is 20.4 Å². The van der Waals surface area contributed by atoms with Crippen LogP contribution in [0.5, 0.6) is 5.75 Å². The monoisotopic (exact) mass is 460 g/mol. The first-order chi connectivity index (χ1) is 16.6. The normalized spacial score (nSPS) is 13.9. The van der Waals surface area contributed by atoms with Crippen LogP contribution in [0.15, 0.2) is 60.7 Å². The summed E-state index contributed by atoms with van der Waals surface area (Å²) >= 11 is 0. The van der Waals surface area contributed by atoms with Crippen molar-refractivity contribution in [3.63, 3.8) is 0 Å². The van der Waals surface area contributed by atoms with E-state index in [1.54, 1.807) is 38.3 Å². The number of esters is 1. The van der Waals surface area contributed by atoms with Gasteiger partial charge in [0, 0.05) is 30.3 Å². The Morgan fingerprint density at radius 2 is 1.68 bits per heavy atom. The molecule has 8 heteroatoms. The molecule has 0 unspecified atom stereocenters. The van der Waals surface area contributed by atoms with Gasteiger partial charge < -0.3 is 19.7 Å². The average molecular weight is 461 g/mol. The van der Waals surface area contributed by atoms with Gasteiger partial charge >= 0.3 is 5.97 Å². The number of anilines is 2. The third-order valence-electron chi connectivity index (χ3n) is 5.89. The smallest absolute Gasteiger partial charge is 0.338 e. The largest absolute Gasteiger partial charge is 0.497 e. The van der Waals surface area contributed by atoms with Crippen molar-refractivity contribution in [2.75, 3.05) is 37.0 Å². The lowest BCUT2D eigenvalue weighted by Gasteiger charge is -2.31. The fourth-order valence-electron chi connectivity index (χ4n) is 3.93. The van der Waals surface area contributed by atoms with Gasteiger partial charge in [0.2, 0.25) is 5.91 Å². The van der Waals surface area contributed by atoms with Gasteiger partial charge in [0.1, 0.15) is 5.75 Å². The number of ether oxygens (including phenoxy) is 2. The van der Waals surface area contributed by atoms with Crippen molar-refractivity contribution in [1.82, 2.24) is 10.2 Å². The first-order valence-corrected chi connectivity index (χ1v) is 11.4. The Balaban J connectivity index is 1.29. The molecule has 2 heterocycles. The number of nitrogens with one attached hydrogen (secondary N) is 1. The highest BCUT2D eigenvalue weighted by molar-refractivity contribution is 5.94. The SMILES string of the molecule is CCOC(=O)c1ccc(NC(=O)C2CCN(c3ccc(-c4ccc(OC)cc4)nn3)CC2)cc1. The Morgan fingerprint density at radius 1 is 0.971 bits per heavy atom. The molecule has 3 aromatic rings. The number of hydrogen-bond acceptors (Lipinski definition) is 7. The molecule has 0 radical (unpaired) electrons. The van der Waals surface area contributed by atoms with E-state index in [1.807, 2.05) is 36.4 Å². The fourth-order valence-corrected chi connectivity index (χ4v) is 3.93. The standard InChI is InChI=1S/C26H28N4O4/c1-3-34-26(32)20-4-8-21(9-5-20)27-25(31)19-14-16-30(17-15-19)24-13-12-23(28-29-24)18-6-10-22(33-2)11-7-18/h4-13,19H,3,14-17H2,1-2H3,(H,27,31). The molecule has 1 amide bonds. The Hall–Kier alpha value is -3.94. The number of carbonyl (C=O) groups is 2. The first kappa shape index (κ1) is 23.2. The summed E-state index contributed by atoms with van der Waals surface area (Å²) in [5.41, 5.74) is 2.91. The molecule has 176 valence electrons. The van der Waals surface area contributed by atoms with Gasteiger partial charge in [0.05, 0.1) is 25.0 Å². The topological polar surface area (TPSA) is 93.7 Å². The molecule has 4 rings (SSSR count). The third-order valence-corrected chi connectivity index (χ3v) is 5.89. The van der Waals surface area contributed by atoms with Crippen molar-refractivity contribution >= 4 is 23.4 Å². The molecule has 1 aromatic heterocycles. The van der Waals surface area contributed by atoms with Gasteiger partial charge in [-0.2, -0.15) is 0 Å². The predicted molar refractivity (Wildman–Crippen MR) is 130 cm³/mol. The minimum atomic E-state index is -0.368. The summed E-state index contributed by atoms with van der Waals surface area (Å²) in [5.74, 6) is 1.16. The van der Waals surface area contributed by atoms with E-state index in [-0.39, 0.29) is 17.8 Å². The molecular weight excluding hydrogens is 432 g/mol. The summed E-state index contributed by atoms with van der Waals surface area (Å²) in [6.07, 6.45) is 1.46. The van der Waals surface area contributed by atoms with E-state index in [0.29, 0.717) is 17.9 Å². The van der Waals surface area contributed by atoms with E-state index < -0.39 is 0 Å². The lowest BCUT2D eigenvalue weighted by atomic mass is 9.95. The van der Waals surface area contributed by atoms with Crippen molar-refractivity contribution in [3.05, 3.63) is 66.2 Å². The highest BCUT2D eigenvalue weighted by Gasteiger charge is 2.26. The quantitative estimate of drug-likeness (QED) is 0.529. The van der Waals surface area contributed by atoms with Crippen molar-refractivity contribution in [1.29, 1.82) is 0 Å². The lowest BCUT2D eigenvalue weighted by Crippen LogP contribution is -2.38. The number of methoxy groups -OCH3 is 1. The molecule has 1 N–H and O–H groups in total. The number of benzene rings is 2. The summed E-state index contributed by atoms with van der Waals surface area (Å²) in [7, 11) is 1.64.